The van der Waals surface area contributed by atoms with Gasteiger partial charge in [0.2, 0.25) is 0 Å². The van der Waals surface area contributed by atoms with Crippen molar-refractivity contribution in [3.63, 3.8) is 0 Å². The molecule has 3 heterocycles. The molecule has 150 valence electrons. The lowest BCUT2D eigenvalue weighted by molar-refractivity contribution is 0.0953. The van der Waals surface area contributed by atoms with Crippen molar-refractivity contribution in [3.8, 4) is 0 Å². The summed E-state index contributed by atoms with van der Waals surface area (Å²) in [5.41, 5.74) is 0.839. The van der Waals surface area contributed by atoms with Gasteiger partial charge in [0.25, 0.3) is 11.5 Å². The number of nitrogens with zero attached hydrogens (tertiary/aromatic N) is 2. The van der Waals surface area contributed by atoms with Gasteiger partial charge in [-0.15, -0.1) is 11.3 Å². The van der Waals surface area contributed by atoms with Gasteiger partial charge in [0, 0.05) is 19.5 Å². The van der Waals surface area contributed by atoms with Crippen LogP contribution in [0.5, 0.6) is 0 Å². The third-order valence-electron chi connectivity index (χ3n) is 7.30. The lowest BCUT2D eigenvalue weighted by Crippen LogP contribution is -2.27. The van der Waals surface area contributed by atoms with E-state index in [1.807, 2.05) is 11.5 Å². The van der Waals surface area contributed by atoms with Crippen molar-refractivity contribution in [1.82, 2.24) is 14.9 Å². The number of aromatic nitrogens is 2. The number of hydrogen-bond donors (Lipinski definition) is 1. The Morgan fingerprint density at radius 1 is 1.25 bits per heavy atom. The summed E-state index contributed by atoms with van der Waals surface area (Å²) in [7, 11) is 0. The zero-order valence-corrected chi connectivity index (χ0v) is 17.4. The molecule has 5 rings (SSSR count). The molecule has 3 unspecified atom stereocenters. The van der Waals surface area contributed by atoms with Crippen molar-refractivity contribution < 1.29 is 4.79 Å². The third kappa shape index (κ3) is 3.10. The highest BCUT2D eigenvalue weighted by Crippen LogP contribution is 2.49. The molecule has 2 aromatic heterocycles. The van der Waals surface area contributed by atoms with Crippen LogP contribution in [-0.2, 0) is 13.0 Å². The lowest BCUT2D eigenvalue weighted by atomic mass is 9.86. The molecule has 1 N–H and O–H groups in total. The second-order valence-corrected chi connectivity index (χ2v) is 10.0. The van der Waals surface area contributed by atoms with Crippen molar-refractivity contribution >= 4 is 27.5 Å². The zero-order chi connectivity index (χ0) is 19.3. The average Bonchev–Trinajstić information content (AvgIpc) is 3.32. The van der Waals surface area contributed by atoms with Crippen LogP contribution in [-0.4, -0.2) is 22.0 Å². The fourth-order valence-electron chi connectivity index (χ4n) is 5.81. The van der Waals surface area contributed by atoms with Gasteiger partial charge in [-0.05, 0) is 68.8 Å². The van der Waals surface area contributed by atoms with Gasteiger partial charge in [-0.3, -0.25) is 14.2 Å². The average molecular weight is 400 g/mol. The summed E-state index contributed by atoms with van der Waals surface area (Å²) in [6, 6.07) is 0. The van der Waals surface area contributed by atoms with Crippen LogP contribution in [0.25, 0.3) is 10.2 Å². The maximum absolute atomic E-state index is 13.0. The van der Waals surface area contributed by atoms with E-state index >= 15 is 0 Å². The van der Waals surface area contributed by atoms with E-state index in [4.69, 9.17) is 4.98 Å². The van der Waals surface area contributed by atoms with Gasteiger partial charge < -0.3 is 5.32 Å². The Kier molecular flexibility index (Phi) is 4.77. The largest absolute Gasteiger partial charge is 0.351 e. The Morgan fingerprint density at radius 2 is 2.14 bits per heavy atom. The predicted molar refractivity (Wildman–Crippen MR) is 112 cm³/mol. The summed E-state index contributed by atoms with van der Waals surface area (Å²) in [4.78, 5) is 32.0. The first-order valence-corrected chi connectivity index (χ1v) is 11.7. The SMILES string of the molecule is Cc1c(C(=O)NCCC2CC3CCC2C3)sc2nc3n(c(=O)c12)CCCCC3. The molecule has 2 saturated carbocycles. The summed E-state index contributed by atoms with van der Waals surface area (Å²) in [6.45, 7) is 3.39. The van der Waals surface area contributed by atoms with E-state index in [0.717, 1.165) is 79.2 Å². The number of hydrogen-bond acceptors (Lipinski definition) is 4. The molecule has 0 aromatic carbocycles. The second kappa shape index (κ2) is 7.29. The maximum atomic E-state index is 13.0. The first kappa shape index (κ1) is 18.3. The van der Waals surface area contributed by atoms with E-state index in [2.05, 4.69) is 5.32 Å². The number of amides is 1. The Labute approximate surface area is 169 Å². The normalized spacial score (nSPS) is 26.4. The number of aryl methyl sites for hydroxylation is 2. The molecule has 0 radical (unpaired) electrons. The van der Waals surface area contributed by atoms with Crippen molar-refractivity contribution in [2.75, 3.05) is 6.54 Å². The molecule has 3 atom stereocenters. The number of rotatable bonds is 4. The van der Waals surface area contributed by atoms with E-state index in [1.54, 1.807) is 0 Å². The van der Waals surface area contributed by atoms with E-state index in [9.17, 15) is 9.59 Å². The quantitative estimate of drug-likeness (QED) is 0.844. The first-order valence-electron chi connectivity index (χ1n) is 10.9. The van der Waals surface area contributed by atoms with Gasteiger partial charge in [-0.1, -0.05) is 12.8 Å². The van der Waals surface area contributed by atoms with Crippen LogP contribution in [0.15, 0.2) is 4.79 Å². The maximum Gasteiger partial charge on any atom is 0.262 e. The highest BCUT2D eigenvalue weighted by Gasteiger charge is 2.38. The minimum Gasteiger partial charge on any atom is -0.351 e. The van der Waals surface area contributed by atoms with Gasteiger partial charge in [-0.25, -0.2) is 4.98 Å². The van der Waals surface area contributed by atoms with Crippen LogP contribution in [0.1, 0.15) is 72.4 Å². The van der Waals surface area contributed by atoms with Crippen LogP contribution >= 0.6 is 11.3 Å². The topological polar surface area (TPSA) is 64.0 Å². The first-order chi connectivity index (χ1) is 13.6. The number of nitrogens with one attached hydrogen (secondary N) is 1. The standard InChI is InChI=1S/C22H29N3O2S/c1-13-18-21(24-17-5-3-2-4-10-25(17)22(18)27)28-19(13)20(26)23-9-8-16-12-14-6-7-15(16)11-14/h14-16H,2-12H2,1H3,(H,23,26). The van der Waals surface area contributed by atoms with Crippen LogP contribution < -0.4 is 10.9 Å². The van der Waals surface area contributed by atoms with Crippen LogP contribution in [0.4, 0.5) is 0 Å². The molecule has 0 saturated heterocycles. The monoisotopic (exact) mass is 399 g/mol. The molecule has 0 spiro atoms. The van der Waals surface area contributed by atoms with Gasteiger partial charge in [0.05, 0.1) is 10.3 Å². The molecule has 3 aliphatic rings. The summed E-state index contributed by atoms with van der Waals surface area (Å²) >= 11 is 1.38. The molecule has 2 aromatic rings. The van der Waals surface area contributed by atoms with E-state index in [-0.39, 0.29) is 11.5 Å². The minimum atomic E-state index is -0.0387. The molecule has 28 heavy (non-hydrogen) atoms. The van der Waals surface area contributed by atoms with Crippen molar-refractivity contribution in [2.24, 2.45) is 17.8 Å². The molecule has 6 heteroatoms. The molecule has 5 nitrogen and oxygen atoms in total. The van der Waals surface area contributed by atoms with E-state index < -0.39 is 0 Å². The summed E-state index contributed by atoms with van der Waals surface area (Å²) in [5.74, 6) is 3.49. The molecular weight excluding hydrogens is 370 g/mol. The zero-order valence-electron chi connectivity index (χ0n) is 16.6. The van der Waals surface area contributed by atoms with Gasteiger partial charge in [-0.2, -0.15) is 0 Å². The Morgan fingerprint density at radius 3 is 2.93 bits per heavy atom. The minimum absolute atomic E-state index is 0.0386. The Hall–Kier alpha value is -1.69. The van der Waals surface area contributed by atoms with Crippen molar-refractivity contribution in [3.05, 3.63) is 26.6 Å². The molecular formula is C22H29N3O2S. The van der Waals surface area contributed by atoms with E-state index in [0.29, 0.717) is 10.3 Å². The van der Waals surface area contributed by atoms with E-state index in [1.165, 1.54) is 37.0 Å². The molecule has 1 amide bonds. The molecule has 2 aliphatic carbocycles. The Bertz CT molecular complexity index is 976. The Balaban J connectivity index is 1.34. The van der Waals surface area contributed by atoms with Gasteiger partial charge in [0.15, 0.2) is 0 Å². The number of thiophene rings is 1. The van der Waals surface area contributed by atoms with Gasteiger partial charge >= 0.3 is 0 Å². The highest BCUT2D eigenvalue weighted by molar-refractivity contribution is 7.20. The lowest BCUT2D eigenvalue weighted by Gasteiger charge is -2.21. The smallest absolute Gasteiger partial charge is 0.262 e. The predicted octanol–water partition coefficient (Wildman–Crippen LogP) is 4.05. The van der Waals surface area contributed by atoms with Crippen LogP contribution in [0.3, 0.4) is 0 Å². The molecule has 1 aliphatic heterocycles. The summed E-state index contributed by atoms with van der Waals surface area (Å²) < 4.78 is 1.84. The second-order valence-electron chi connectivity index (χ2n) is 9.01. The number of fused-ring (bicyclic) bond motifs is 4. The highest BCUT2D eigenvalue weighted by atomic mass is 32.1. The number of carbonyl (C=O) groups excluding carboxylic acids is 1. The summed E-state index contributed by atoms with van der Waals surface area (Å²) in [6.07, 6.45) is 10.8. The summed E-state index contributed by atoms with van der Waals surface area (Å²) in [5, 5.41) is 3.77. The fourth-order valence-corrected chi connectivity index (χ4v) is 6.91. The number of carbonyl (C=O) groups is 1. The van der Waals surface area contributed by atoms with Crippen molar-refractivity contribution in [1.29, 1.82) is 0 Å². The van der Waals surface area contributed by atoms with Gasteiger partial charge in [0.1, 0.15) is 10.7 Å². The van der Waals surface area contributed by atoms with Crippen LogP contribution in [0, 0.1) is 24.7 Å². The third-order valence-corrected chi connectivity index (χ3v) is 8.49. The van der Waals surface area contributed by atoms with Crippen LogP contribution in [0.2, 0.25) is 0 Å². The van der Waals surface area contributed by atoms with Crippen molar-refractivity contribution in [2.45, 2.75) is 71.3 Å². The molecule has 2 fully saturated rings. The molecule has 2 bridgehead atoms. The fraction of sp³-hybridized carbons (Fsp3) is 0.682.